The summed E-state index contributed by atoms with van der Waals surface area (Å²) in [4.78, 5) is 10.7. The number of hydrogen-bond donors (Lipinski definition) is 2. The van der Waals surface area contributed by atoms with E-state index in [1.165, 1.54) is 6.92 Å². The van der Waals surface area contributed by atoms with E-state index in [0.29, 0.717) is 17.9 Å². The fourth-order valence-electron chi connectivity index (χ4n) is 2.05. The molecule has 0 saturated carbocycles. The van der Waals surface area contributed by atoms with Crippen LogP contribution in [0.1, 0.15) is 24.5 Å². The number of aliphatic carboxylic acids is 1. The highest BCUT2D eigenvalue weighted by atomic mass is 16.5. The van der Waals surface area contributed by atoms with Gasteiger partial charge in [-0.25, -0.2) is 0 Å². The molecule has 1 unspecified atom stereocenters. The Morgan fingerprint density at radius 3 is 2.29 bits per heavy atom. The van der Waals surface area contributed by atoms with Crippen molar-refractivity contribution in [3.63, 3.8) is 0 Å². The molecule has 4 nitrogen and oxygen atoms in total. The molecule has 110 valence electrons. The van der Waals surface area contributed by atoms with Gasteiger partial charge in [0, 0.05) is 0 Å². The highest BCUT2D eigenvalue weighted by Crippen LogP contribution is 2.26. The van der Waals surface area contributed by atoms with Crippen molar-refractivity contribution in [3.05, 3.63) is 65.7 Å². The summed E-state index contributed by atoms with van der Waals surface area (Å²) in [5.74, 6) is -0.363. The Bertz CT molecular complexity index is 588. The average Bonchev–Trinajstić information content (AvgIpc) is 2.45. The highest BCUT2D eigenvalue weighted by Gasteiger charge is 2.26. The first-order valence-electron chi connectivity index (χ1n) is 6.69. The number of hydrogen-bond acceptors (Lipinski definition) is 3. The molecule has 2 N–H and O–H groups in total. The first kappa shape index (κ1) is 15.1. The first-order valence-corrected chi connectivity index (χ1v) is 6.69. The lowest BCUT2D eigenvalue weighted by atomic mass is 9.93. The van der Waals surface area contributed by atoms with Gasteiger partial charge in [0.1, 0.15) is 12.4 Å². The van der Waals surface area contributed by atoms with Crippen LogP contribution in [0.3, 0.4) is 0 Å². The molecular weight excluding hydrogens is 268 g/mol. The van der Waals surface area contributed by atoms with Gasteiger partial charge < -0.3 is 14.9 Å². The largest absolute Gasteiger partial charge is 0.489 e. The molecule has 0 saturated heterocycles. The van der Waals surface area contributed by atoms with Crippen LogP contribution in [0.25, 0.3) is 0 Å². The van der Waals surface area contributed by atoms with Crippen LogP contribution in [0.15, 0.2) is 54.6 Å². The third-order valence-electron chi connectivity index (χ3n) is 3.22. The van der Waals surface area contributed by atoms with Gasteiger partial charge in [-0.3, -0.25) is 4.79 Å². The predicted octanol–water partition coefficient (Wildman–Crippen LogP) is 2.95. The Hall–Kier alpha value is -2.33. The molecule has 0 spiro atoms. The summed E-state index contributed by atoms with van der Waals surface area (Å²) < 4.78 is 5.64. The quantitative estimate of drug-likeness (QED) is 0.856. The molecule has 2 aromatic carbocycles. The number of carboxylic acids is 1. The minimum absolute atomic E-state index is 0.336. The van der Waals surface area contributed by atoms with Gasteiger partial charge in [-0.1, -0.05) is 42.5 Å². The van der Waals surface area contributed by atoms with E-state index in [1.54, 1.807) is 24.3 Å². The van der Waals surface area contributed by atoms with Crippen LogP contribution in [0.2, 0.25) is 0 Å². The summed E-state index contributed by atoms with van der Waals surface area (Å²) in [6.07, 6.45) is -0.336. The fraction of sp³-hybridized carbons (Fsp3) is 0.235. The standard InChI is InChI=1S/C17H18O4/c1-17(20,11-16(18)19)14-7-9-15(10-8-14)21-12-13-5-3-2-4-6-13/h2-10,20H,11-12H2,1H3,(H,18,19). The molecule has 0 bridgehead atoms. The maximum Gasteiger partial charge on any atom is 0.306 e. The van der Waals surface area contributed by atoms with Crippen LogP contribution < -0.4 is 4.74 Å². The van der Waals surface area contributed by atoms with Gasteiger partial charge in [0.2, 0.25) is 0 Å². The lowest BCUT2D eigenvalue weighted by Crippen LogP contribution is -2.24. The zero-order valence-corrected chi connectivity index (χ0v) is 11.8. The van der Waals surface area contributed by atoms with Crippen LogP contribution in [0.4, 0.5) is 0 Å². The normalized spacial score (nSPS) is 13.4. The molecule has 0 aliphatic heterocycles. The van der Waals surface area contributed by atoms with Gasteiger partial charge in [0.05, 0.1) is 12.0 Å². The number of rotatable bonds is 6. The van der Waals surface area contributed by atoms with Crippen LogP contribution in [-0.2, 0) is 17.0 Å². The van der Waals surface area contributed by atoms with E-state index in [1.807, 2.05) is 30.3 Å². The third kappa shape index (κ3) is 4.33. The van der Waals surface area contributed by atoms with Crippen LogP contribution in [-0.4, -0.2) is 16.2 Å². The summed E-state index contributed by atoms with van der Waals surface area (Å²) in [6.45, 7) is 1.95. The summed E-state index contributed by atoms with van der Waals surface area (Å²) in [6, 6.07) is 16.6. The molecular formula is C17H18O4. The Morgan fingerprint density at radius 1 is 1.10 bits per heavy atom. The van der Waals surface area contributed by atoms with Crippen molar-refractivity contribution < 1.29 is 19.7 Å². The maximum absolute atomic E-state index is 10.7. The topological polar surface area (TPSA) is 66.8 Å². The van der Waals surface area contributed by atoms with Gasteiger partial charge in [-0.05, 0) is 30.2 Å². The smallest absolute Gasteiger partial charge is 0.306 e. The molecule has 2 aromatic rings. The first-order chi connectivity index (χ1) is 9.97. The third-order valence-corrected chi connectivity index (χ3v) is 3.22. The second kappa shape index (κ2) is 6.41. The van der Waals surface area contributed by atoms with E-state index >= 15 is 0 Å². The molecule has 0 aliphatic carbocycles. The Morgan fingerprint density at radius 2 is 1.71 bits per heavy atom. The predicted molar refractivity (Wildman–Crippen MR) is 79.0 cm³/mol. The van der Waals surface area contributed by atoms with Gasteiger partial charge >= 0.3 is 5.97 Å². The molecule has 2 rings (SSSR count). The highest BCUT2D eigenvalue weighted by molar-refractivity contribution is 5.68. The SMILES string of the molecule is CC(O)(CC(=O)O)c1ccc(OCc2ccccc2)cc1. The maximum atomic E-state index is 10.7. The molecule has 4 heteroatoms. The second-order valence-corrected chi connectivity index (χ2v) is 5.14. The van der Waals surface area contributed by atoms with Crippen LogP contribution in [0.5, 0.6) is 5.75 Å². The van der Waals surface area contributed by atoms with E-state index < -0.39 is 11.6 Å². The Kier molecular flexibility index (Phi) is 4.60. The summed E-state index contributed by atoms with van der Waals surface area (Å²) in [5.41, 5.74) is 0.237. The molecule has 0 amide bonds. The lowest BCUT2D eigenvalue weighted by Gasteiger charge is -2.21. The molecule has 0 aromatic heterocycles. The molecule has 0 heterocycles. The molecule has 0 fully saturated rings. The van der Waals surface area contributed by atoms with Gasteiger partial charge in [0.25, 0.3) is 0 Å². The van der Waals surface area contributed by atoms with E-state index in [-0.39, 0.29) is 6.42 Å². The van der Waals surface area contributed by atoms with Gasteiger partial charge in [0.15, 0.2) is 0 Å². The molecule has 1 atom stereocenters. The lowest BCUT2D eigenvalue weighted by molar-refractivity contribution is -0.142. The van der Waals surface area contributed by atoms with E-state index in [4.69, 9.17) is 9.84 Å². The number of aliphatic hydroxyl groups is 1. The summed E-state index contributed by atoms with van der Waals surface area (Å²) in [5, 5.41) is 18.9. The average molecular weight is 286 g/mol. The van der Waals surface area contributed by atoms with E-state index in [2.05, 4.69) is 0 Å². The molecule has 0 aliphatic rings. The zero-order valence-electron chi connectivity index (χ0n) is 11.8. The number of ether oxygens (including phenoxy) is 1. The van der Waals surface area contributed by atoms with Crippen LogP contribution >= 0.6 is 0 Å². The minimum Gasteiger partial charge on any atom is -0.489 e. The number of carboxylic acid groups (broad SMARTS) is 1. The van der Waals surface area contributed by atoms with Crippen molar-refractivity contribution in [2.75, 3.05) is 0 Å². The van der Waals surface area contributed by atoms with Gasteiger partial charge in [-0.2, -0.15) is 0 Å². The molecule has 0 radical (unpaired) electrons. The summed E-state index contributed by atoms with van der Waals surface area (Å²) >= 11 is 0. The number of carbonyl (C=O) groups is 1. The van der Waals surface area contributed by atoms with Gasteiger partial charge in [-0.15, -0.1) is 0 Å². The monoisotopic (exact) mass is 286 g/mol. The van der Waals surface area contributed by atoms with E-state index in [0.717, 1.165) is 5.56 Å². The second-order valence-electron chi connectivity index (χ2n) is 5.14. The van der Waals surface area contributed by atoms with E-state index in [9.17, 15) is 9.90 Å². The van der Waals surface area contributed by atoms with Crippen molar-refractivity contribution in [2.24, 2.45) is 0 Å². The van der Waals surface area contributed by atoms with Crippen molar-refractivity contribution >= 4 is 5.97 Å². The zero-order chi connectivity index (χ0) is 15.3. The van der Waals surface area contributed by atoms with Crippen molar-refractivity contribution in [3.8, 4) is 5.75 Å². The van der Waals surface area contributed by atoms with Crippen molar-refractivity contribution in [1.29, 1.82) is 0 Å². The Balaban J connectivity index is 2.00. The Labute approximate surface area is 123 Å². The van der Waals surface area contributed by atoms with Crippen molar-refractivity contribution in [1.82, 2.24) is 0 Å². The molecule has 21 heavy (non-hydrogen) atoms. The van der Waals surface area contributed by atoms with Crippen LogP contribution in [0, 0.1) is 0 Å². The van der Waals surface area contributed by atoms with Crippen molar-refractivity contribution in [2.45, 2.75) is 25.6 Å². The fourth-order valence-corrected chi connectivity index (χ4v) is 2.05. The summed E-state index contributed by atoms with van der Waals surface area (Å²) in [7, 11) is 0. The minimum atomic E-state index is -1.39. The number of benzene rings is 2.